The Morgan fingerprint density at radius 3 is 2.46 bits per heavy atom. The van der Waals surface area contributed by atoms with E-state index in [4.69, 9.17) is 11.6 Å². The van der Waals surface area contributed by atoms with Crippen molar-refractivity contribution >= 4 is 44.0 Å². The second kappa shape index (κ2) is 7.54. The van der Waals surface area contributed by atoms with E-state index >= 15 is 0 Å². The number of nitrogens with one attached hydrogen (secondary N) is 1. The third-order valence-corrected chi connectivity index (χ3v) is 7.29. The summed E-state index contributed by atoms with van der Waals surface area (Å²) < 4.78 is 27.2. The van der Waals surface area contributed by atoms with Gasteiger partial charge in [0.1, 0.15) is 4.90 Å². The van der Waals surface area contributed by atoms with E-state index in [9.17, 15) is 13.2 Å². The van der Waals surface area contributed by atoms with E-state index < -0.39 is 10.0 Å². The van der Waals surface area contributed by atoms with Crippen LogP contribution in [0.1, 0.15) is 23.2 Å². The molecule has 0 radical (unpaired) electrons. The van der Waals surface area contributed by atoms with Crippen LogP contribution in [0.25, 0.3) is 10.8 Å². The number of hydrogen-bond acceptors (Lipinski definition) is 3. The molecule has 0 aliphatic carbocycles. The molecule has 7 heteroatoms. The summed E-state index contributed by atoms with van der Waals surface area (Å²) in [6.07, 6.45) is 1.68. The molecule has 0 bridgehead atoms. The van der Waals surface area contributed by atoms with Crippen molar-refractivity contribution in [2.24, 2.45) is 0 Å². The first-order valence-electron chi connectivity index (χ1n) is 9.05. The van der Waals surface area contributed by atoms with Crippen LogP contribution in [-0.2, 0) is 10.0 Å². The molecule has 1 amide bonds. The number of carbonyl (C=O) groups excluding carboxylic acids is 1. The van der Waals surface area contributed by atoms with E-state index in [0.29, 0.717) is 24.3 Å². The molecule has 28 heavy (non-hydrogen) atoms. The average Bonchev–Trinajstić information content (AvgIpc) is 3.24. The summed E-state index contributed by atoms with van der Waals surface area (Å²) in [5.74, 6) is -0.302. The molecule has 1 saturated heterocycles. The number of fused-ring (bicyclic) bond motifs is 1. The number of halogens is 1. The Bertz CT molecular complexity index is 1150. The quantitative estimate of drug-likeness (QED) is 0.682. The zero-order valence-corrected chi connectivity index (χ0v) is 16.6. The minimum absolute atomic E-state index is 0.0202. The first-order valence-corrected chi connectivity index (χ1v) is 10.9. The van der Waals surface area contributed by atoms with Crippen LogP contribution in [0.3, 0.4) is 0 Å². The highest BCUT2D eigenvalue weighted by Crippen LogP contribution is 2.30. The Labute approximate surface area is 169 Å². The van der Waals surface area contributed by atoms with E-state index in [0.717, 1.165) is 23.6 Å². The molecule has 0 saturated carbocycles. The molecule has 144 valence electrons. The van der Waals surface area contributed by atoms with Gasteiger partial charge < -0.3 is 5.32 Å². The normalized spacial score (nSPS) is 15.0. The summed E-state index contributed by atoms with van der Waals surface area (Å²) >= 11 is 6.17. The van der Waals surface area contributed by atoms with Gasteiger partial charge in [0.25, 0.3) is 5.91 Å². The molecule has 4 rings (SSSR count). The van der Waals surface area contributed by atoms with E-state index in [1.165, 1.54) is 16.4 Å². The van der Waals surface area contributed by atoms with Crippen molar-refractivity contribution in [1.82, 2.24) is 4.31 Å². The van der Waals surface area contributed by atoms with Gasteiger partial charge in [-0.3, -0.25) is 4.79 Å². The highest BCUT2D eigenvalue weighted by atomic mass is 35.5. The summed E-state index contributed by atoms with van der Waals surface area (Å²) in [6, 6.07) is 17.7. The van der Waals surface area contributed by atoms with Gasteiger partial charge in [0, 0.05) is 24.3 Å². The lowest BCUT2D eigenvalue weighted by molar-refractivity contribution is 0.102. The molecule has 1 aliphatic heterocycles. The largest absolute Gasteiger partial charge is 0.322 e. The lowest BCUT2D eigenvalue weighted by Crippen LogP contribution is -2.28. The SMILES string of the molecule is O=C(Nc1ccc(Cl)c(S(=O)(=O)N2CCCC2)c1)c1cccc2ccccc12. The molecule has 3 aromatic carbocycles. The maximum atomic E-state index is 12.9. The highest BCUT2D eigenvalue weighted by molar-refractivity contribution is 7.89. The van der Waals surface area contributed by atoms with E-state index in [1.54, 1.807) is 12.1 Å². The molecule has 1 aliphatic rings. The fourth-order valence-corrected chi connectivity index (χ4v) is 5.49. The van der Waals surface area contributed by atoms with Crippen LogP contribution >= 0.6 is 11.6 Å². The van der Waals surface area contributed by atoms with Gasteiger partial charge in [0.2, 0.25) is 10.0 Å². The lowest BCUT2D eigenvalue weighted by atomic mass is 10.0. The summed E-state index contributed by atoms with van der Waals surface area (Å²) in [6.45, 7) is 0.983. The van der Waals surface area contributed by atoms with E-state index in [2.05, 4.69) is 5.32 Å². The van der Waals surface area contributed by atoms with Crippen LogP contribution in [0.2, 0.25) is 5.02 Å². The maximum absolute atomic E-state index is 12.9. The summed E-state index contributed by atoms with van der Waals surface area (Å²) in [7, 11) is -3.68. The maximum Gasteiger partial charge on any atom is 0.256 e. The van der Waals surface area contributed by atoms with Crippen LogP contribution in [0.5, 0.6) is 0 Å². The van der Waals surface area contributed by atoms with Gasteiger partial charge in [-0.1, -0.05) is 48.0 Å². The Balaban J connectivity index is 1.66. The van der Waals surface area contributed by atoms with Crippen LogP contribution in [0.4, 0.5) is 5.69 Å². The first kappa shape index (κ1) is 18.9. The van der Waals surface area contributed by atoms with Gasteiger partial charge in [-0.05, 0) is 47.9 Å². The summed E-state index contributed by atoms with van der Waals surface area (Å²) in [5, 5.41) is 4.74. The van der Waals surface area contributed by atoms with Crippen LogP contribution < -0.4 is 5.32 Å². The zero-order chi connectivity index (χ0) is 19.7. The Morgan fingerprint density at radius 2 is 1.68 bits per heavy atom. The van der Waals surface area contributed by atoms with E-state index in [-0.39, 0.29) is 15.8 Å². The first-order chi connectivity index (χ1) is 13.5. The van der Waals surface area contributed by atoms with Crippen molar-refractivity contribution in [3.8, 4) is 0 Å². The fraction of sp³-hybridized carbons (Fsp3) is 0.190. The molecule has 3 aromatic rings. The van der Waals surface area contributed by atoms with Gasteiger partial charge in [-0.2, -0.15) is 4.31 Å². The fourth-order valence-electron chi connectivity index (χ4n) is 3.47. The number of sulfonamides is 1. The van der Waals surface area contributed by atoms with Crippen LogP contribution in [0, 0.1) is 0 Å². The lowest BCUT2D eigenvalue weighted by Gasteiger charge is -2.17. The van der Waals surface area contributed by atoms with Crippen LogP contribution in [-0.4, -0.2) is 31.7 Å². The van der Waals surface area contributed by atoms with Crippen molar-refractivity contribution < 1.29 is 13.2 Å². The Kier molecular flexibility index (Phi) is 5.10. The molecule has 5 nitrogen and oxygen atoms in total. The minimum atomic E-state index is -3.68. The number of benzene rings is 3. The molecular weight excluding hydrogens is 396 g/mol. The number of nitrogens with zero attached hydrogens (tertiary/aromatic N) is 1. The predicted molar refractivity (Wildman–Crippen MR) is 111 cm³/mol. The van der Waals surface area contributed by atoms with Crippen molar-refractivity contribution in [1.29, 1.82) is 0 Å². The molecule has 0 spiro atoms. The summed E-state index contributed by atoms with van der Waals surface area (Å²) in [5.41, 5.74) is 0.914. The van der Waals surface area contributed by atoms with Gasteiger partial charge >= 0.3 is 0 Å². The standard InChI is InChI=1S/C21H19ClN2O3S/c22-19-11-10-16(14-20(19)28(26,27)24-12-3-4-13-24)23-21(25)18-9-5-7-15-6-1-2-8-17(15)18/h1-2,5-11,14H,3-4,12-13H2,(H,23,25). The number of hydrogen-bond donors (Lipinski definition) is 1. The second-order valence-electron chi connectivity index (χ2n) is 6.74. The third kappa shape index (κ3) is 3.51. The summed E-state index contributed by atoms with van der Waals surface area (Å²) in [4.78, 5) is 12.8. The monoisotopic (exact) mass is 414 g/mol. The molecule has 1 fully saturated rings. The number of anilines is 1. The zero-order valence-electron chi connectivity index (χ0n) is 15.1. The van der Waals surface area contributed by atoms with Gasteiger partial charge in [-0.15, -0.1) is 0 Å². The second-order valence-corrected chi connectivity index (χ2v) is 9.05. The smallest absolute Gasteiger partial charge is 0.256 e. The van der Waals surface area contributed by atoms with Crippen LogP contribution in [0.15, 0.2) is 65.6 Å². The van der Waals surface area contributed by atoms with Crippen molar-refractivity contribution in [3.63, 3.8) is 0 Å². The molecule has 0 atom stereocenters. The van der Waals surface area contributed by atoms with Crippen molar-refractivity contribution in [2.45, 2.75) is 17.7 Å². The van der Waals surface area contributed by atoms with Gasteiger partial charge in [-0.25, -0.2) is 8.42 Å². The number of rotatable bonds is 4. The van der Waals surface area contributed by atoms with Crippen molar-refractivity contribution in [3.05, 3.63) is 71.2 Å². The Hall–Kier alpha value is -2.41. The molecule has 1 heterocycles. The average molecular weight is 415 g/mol. The topological polar surface area (TPSA) is 66.5 Å². The molecular formula is C21H19ClN2O3S. The molecule has 0 unspecified atom stereocenters. The Morgan fingerprint density at radius 1 is 0.964 bits per heavy atom. The number of amides is 1. The van der Waals surface area contributed by atoms with E-state index in [1.807, 2.05) is 36.4 Å². The highest BCUT2D eigenvalue weighted by Gasteiger charge is 2.29. The molecule has 1 N–H and O–H groups in total. The predicted octanol–water partition coefficient (Wildman–Crippen LogP) is 4.53. The number of carbonyl (C=O) groups is 1. The van der Waals surface area contributed by atoms with Gasteiger partial charge in [0.05, 0.1) is 5.02 Å². The van der Waals surface area contributed by atoms with Crippen molar-refractivity contribution in [2.75, 3.05) is 18.4 Å². The van der Waals surface area contributed by atoms with Gasteiger partial charge in [0.15, 0.2) is 0 Å². The molecule has 0 aromatic heterocycles. The minimum Gasteiger partial charge on any atom is -0.322 e. The third-order valence-electron chi connectivity index (χ3n) is 4.91.